The van der Waals surface area contributed by atoms with Gasteiger partial charge in [-0.3, -0.25) is 0 Å². The average Bonchev–Trinajstić information content (AvgIpc) is 2.32. The summed E-state index contributed by atoms with van der Waals surface area (Å²) in [5, 5.41) is -0.173. The summed E-state index contributed by atoms with van der Waals surface area (Å²) in [6.07, 6.45) is 1.38. The van der Waals surface area contributed by atoms with Crippen LogP contribution in [0.15, 0.2) is 6.20 Å². The Kier molecular flexibility index (Phi) is 2.44. The third kappa shape index (κ3) is 2.10. The Labute approximate surface area is 72.0 Å². The Bertz CT molecular complexity index is 243. The topological polar surface area (TPSA) is 12.9 Å². The van der Waals surface area contributed by atoms with Gasteiger partial charge in [-0.25, -0.2) is 4.98 Å². The fraction of sp³-hybridized carbons (Fsp3) is 0.500. The van der Waals surface area contributed by atoms with Gasteiger partial charge in [0.1, 0.15) is 0 Å². The molecule has 0 fully saturated rings. The lowest BCUT2D eigenvalue weighted by atomic mass is 10.4. The molecule has 0 atom stereocenters. The summed E-state index contributed by atoms with van der Waals surface area (Å²) in [6.45, 7) is 0.823. The van der Waals surface area contributed by atoms with Crippen molar-refractivity contribution < 1.29 is 8.78 Å². The maximum Gasteiger partial charge on any atom is 0.296 e. The van der Waals surface area contributed by atoms with E-state index in [0.717, 1.165) is 18.3 Å². The van der Waals surface area contributed by atoms with Crippen molar-refractivity contribution in [2.45, 2.75) is 18.7 Å². The number of rotatable bonds is 2. The van der Waals surface area contributed by atoms with Gasteiger partial charge in [0.2, 0.25) is 0 Å². The smallest absolute Gasteiger partial charge is 0.243 e. The van der Waals surface area contributed by atoms with Crippen LogP contribution < -0.4 is 0 Å². The minimum atomic E-state index is -2.84. The molecular formula is C6H6ClF2NS. The summed E-state index contributed by atoms with van der Waals surface area (Å²) in [5.74, 6) is -2.59. The van der Waals surface area contributed by atoms with Crippen molar-refractivity contribution in [2.24, 2.45) is 0 Å². The highest BCUT2D eigenvalue weighted by atomic mass is 35.5. The van der Waals surface area contributed by atoms with Crippen LogP contribution in [0.25, 0.3) is 0 Å². The number of hydrogen-bond donors (Lipinski definition) is 0. The van der Waals surface area contributed by atoms with Crippen molar-refractivity contribution in [3.8, 4) is 0 Å². The van der Waals surface area contributed by atoms with Gasteiger partial charge in [0.15, 0.2) is 5.01 Å². The highest BCUT2D eigenvalue weighted by molar-refractivity contribution is 7.11. The molecule has 0 aliphatic rings. The Morgan fingerprint density at radius 2 is 2.36 bits per heavy atom. The van der Waals surface area contributed by atoms with Crippen LogP contribution in [0.3, 0.4) is 0 Å². The Hall–Kier alpha value is -0.220. The molecule has 11 heavy (non-hydrogen) atoms. The molecule has 0 aliphatic heterocycles. The van der Waals surface area contributed by atoms with E-state index in [-0.39, 0.29) is 10.9 Å². The molecule has 1 rings (SSSR count). The highest BCUT2D eigenvalue weighted by Gasteiger charge is 2.27. The maximum atomic E-state index is 12.5. The number of thiazole rings is 1. The van der Waals surface area contributed by atoms with E-state index in [1.54, 1.807) is 0 Å². The zero-order chi connectivity index (χ0) is 8.48. The van der Waals surface area contributed by atoms with Gasteiger partial charge in [-0.2, -0.15) is 8.78 Å². The van der Waals surface area contributed by atoms with Crippen LogP contribution >= 0.6 is 22.9 Å². The lowest BCUT2D eigenvalue weighted by Gasteiger charge is -2.03. The molecule has 0 saturated carbocycles. The monoisotopic (exact) mass is 197 g/mol. The summed E-state index contributed by atoms with van der Waals surface area (Å²) in [4.78, 5) is 4.21. The second-order valence-electron chi connectivity index (χ2n) is 2.15. The molecule has 1 nitrogen and oxygen atoms in total. The molecule has 0 bridgehead atoms. The summed E-state index contributed by atoms with van der Waals surface area (Å²) in [7, 11) is 0. The molecular weight excluding hydrogens is 192 g/mol. The lowest BCUT2D eigenvalue weighted by molar-refractivity contribution is 0.0172. The molecule has 0 amide bonds. The molecule has 1 heterocycles. The Morgan fingerprint density at radius 3 is 2.64 bits per heavy atom. The van der Waals surface area contributed by atoms with E-state index < -0.39 is 5.92 Å². The predicted octanol–water partition coefficient (Wildman–Crippen LogP) is 2.99. The van der Waals surface area contributed by atoms with Gasteiger partial charge in [0, 0.05) is 18.0 Å². The molecule has 1 aromatic rings. The molecule has 0 saturated heterocycles. The molecule has 0 N–H and O–H groups in total. The molecule has 5 heteroatoms. The van der Waals surface area contributed by atoms with Crippen molar-refractivity contribution in [1.29, 1.82) is 0 Å². The van der Waals surface area contributed by atoms with Crippen LogP contribution in [-0.2, 0) is 11.8 Å². The maximum absolute atomic E-state index is 12.5. The molecule has 0 unspecified atom stereocenters. The second-order valence-corrected chi connectivity index (χ2v) is 3.54. The van der Waals surface area contributed by atoms with Crippen LogP contribution in [0.1, 0.15) is 16.8 Å². The van der Waals surface area contributed by atoms with E-state index in [0.29, 0.717) is 4.88 Å². The molecule has 0 aliphatic carbocycles. The van der Waals surface area contributed by atoms with Crippen molar-refractivity contribution >= 4 is 22.9 Å². The van der Waals surface area contributed by atoms with Gasteiger partial charge in [-0.15, -0.1) is 22.9 Å². The highest BCUT2D eigenvalue weighted by Crippen LogP contribution is 2.30. The molecule has 62 valence electrons. The fourth-order valence-corrected chi connectivity index (χ4v) is 1.50. The van der Waals surface area contributed by atoms with Gasteiger partial charge in [-0.05, 0) is 0 Å². The van der Waals surface area contributed by atoms with E-state index in [4.69, 9.17) is 11.6 Å². The SMILES string of the molecule is CC(F)(F)c1ncc(CCl)s1. The van der Waals surface area contributed by atoms with Crippen LogP contribution in [0.5, 0.6) is 0 Å². The van der Waals surface area contributed by atoms with E-state index in [9.17, 15) is 8.78 Å². The standard InChI is InChI=1S/C6H6ClF2NS/c1-6(8,9)5-10-3-4(2-7)11-5/h3H,2H2,1H3. The summed E-state index contributed by atoms with van der Waals surface area (Å²) >= 11 is 6.36. The number of hydrogen-bond acceptors (Lipinski definition) is 2. The molecule has 0 radical (unpaired) electrons. The minimum Gasteiger partial charge on any atom is -0.243 e. The van der Waals surface area contributed by atoms with Crippen LogP contribution in [0.2, 0.25) is 0 Å². The van der Waals surface area contributed by atoms with Crippen molar-refractivity contribution in [3.63, 3.8) is 0 Å². The number of alkyl halides is 3. The quantitative estimate of drug-likeness (QED) is 0.665. The number of aromatic nitrogens is 1. The fourth-order valence-electron chi connectivity index (χ4n) is 0.572. The first-order chi connectivity index (χ1) is 5.04. The first kappa shape index (κ1) is 8.87. The summed E-state index contributed by atoms with van der Waals surface area (Å²) < 4.78 is 25.0. The van der Waals surface area contributed by atoms with Crippen LogP contribution in [0, 0.1) is 0 Å². The second kappa shape index (κ2) is 3.03. The Balaban J connectivity index is 2.89. The first-order valence-corrected chi connectivity index (χ1v) is 4.28. The van der Waals surface area contributed by atoms with Gasteiger partial charge in [0.25, 0.3) is 5.92 Å². The predicted molar refractivity (Wildman–Crippen MR) is 41.2 cm³/mol. The zero-order valence-corrected chi connectivity index (χ0v) is 7.35. The van der Waals surface area contributed by atoms with Crippen molar-refractivity contribution in [1.82, 2.24) is 4.98 Å². The number of nitrogens with zero attached hydrogens (tertiary/aromatic N) is 1. The molecule has 0 spiro atoms. The minimum absolute atomic E-state index is 0.173. The Morgan fingerprint density at radius 1 is 1.73 bits per heavy atom. The first-order valence-electron chi connectivity index (χ1n) is 2.93. The molecule has 1 aromatic heterocycles. The summed E-state index contributed by atoms with van der Waals surface area (Å²) in [5.41, 5.74) is 0. The van der Waals surface area contributed by atoms with Gasteiger partial charge in [-0.1, -0.05) is 0 Å². The van der Waals surface area contributed by atoms with Crippen LogP contribution in [-0.4, -0.2) is 4.98 Å². The zero-order valence-electron chi connectivity index (χ0n) is 5.77. The van der Waals surface area contributed by atoms with E-state index >= 15 is 0 Å². The third-order valence-corrected chi connectivity index (χ3v) is 2.68. The van der Waals surface area contributed by atoms with E-state index in [1.807, 2.05) is 0 Å². The van der Waals surface area contributed by atoms with Gasteiger partial charge >= 0.3 is 0 Å². The number of halogens is 3. The normalized spacial score (nSPS) is 12.0. The van der Waals surface area contributed by atoms with Crippen LogP contribution in [0.4, 0.5) is 8.78 Å². The largest absolute Gasteiger partial charge is 0.296 e. The lowest BCUT2D eigenvalue weighted by Crippen LogP contribution is -2.05. The van der Waals surface area contributed by atoms with Gasteiger partial charge < -0.3 is 0 Å². The van der Waals surface area contributed by atoms with Gasteiger partial charge in [0.05, 0.1) is 5.88 Å². The molecule has 0 aromatic carbocycles. The average molecular weight is 198 g/mol. The van der Waals surface area contributed by atoms with E-state index in [1.165, 1.54) is 6.20 Å². The van der Waals surface area contributed by atoms with Crippen molar-refractivity contribution in [3.05, 3.63) is 16.1 Å². The third-order valence-electron chi connectivity index (χ3n) is 1.06. The summed E-state index contributed by atoms with van der Waals surface area (Å²) in [6, 6.07) is 0. The van der Waals surface area contributed by atoms with E-state index in [2.05, 4.69) is 4.98 Å². The van der Waals surface area contributed by atoms with Crippen molar-refractivity contribution in [2.75, 3.05) is 0 Å².